The predicted octanol–water partition coefficient (Wildman–Crippen LogP) is -2.49. The van der Waals surface area contributed by atoms with Gasteiger partial charge in [-0.15, -0.1) is 0 Å². The molecular formula is CH2KMnNS. The molecule has 25 valence electrons. The summed E-state index contributed by atoms with van der Waals surface area (Å²) in [6, 6.07) is 0. The van der Waals surface area contributed by atoms with Gasteiger partial charge in [0.2, 0.25) is 0 Å². The number of hydrogen-bond acceptors (Lipinski definition) is 2. The van der Waals surface area contributed by atoms with Crippen LogP contribution in [0.15, 0.2) is 0 Å². The van der Waals surface area contributed by atoms with E-state index in [1.165, 1.54) is 5.40 Å². The van der Waals surface area contributed by atoms with Gasteiger partial charge in [0.05, 0.1) is 0 Å². The van der Waals surface area contributed by atoms with E-state index in [-0.39, 0.29) is 69.9 Å². The van der Waals surface area contributed by atoms with Crippen molar-refractivity contribution in [1.29, 1.82) is 5.26 Å². The van der Waals surface area contributed by atoms with Gasteiger partial charge in [-0.2, -0.15) is 5.26 Å². The van der Waals surface area contributed by atoms with Crippen molar-refractivity contribution in [3.8, 4) is 5.40 Å². The van der Waals surface area contributed by atoms with Gasteiger partial charge in [0.1, 0.15) is 5.40 Å². The van der Waals surface area contributed by atoms with E-state index in [2.05, 4.69) is 12.6 Å². The molecule has 0 atom stereocenters. The molecule has 1 radical (unpaired) electrons. The van der Waals surface area contributed by atoms with E-state index in [1.54, 1.807) is 0 Å². The molecule has 0 rings (SSSR count). The smallest absolute Gasteiger partial charge is 1.00 e. The fraction of sp³-hybridized carbons (Fsp3) is 0. The molecule has 0 aromatic carbocycles. The molecule has 0 saturated heterocycles. The maximum Gasteiger partial charge on any atom is 1.00 e. The quantitative estimate of drug-likeness (QED) is 0.233. The minimum atomic E-state index is 0. The monoisotopic (exact) mass is 154 g/mol. The van der Waals surface area contributed by atoms with E-state index >= 15 is 0 Å². The molecular weight excluding hydrogens is 152 g/mol. The van der Waals surface area contributed by atoms with Crippen LogP contribution in [0.5, 0.6) is 0 Å². The zero-order valence-corrected chi connectivity index (χ0v) is 7.97. The molecule has 0 aliphatic heterocycles. The number of rotatable bonds is 0. The molecule has 4 heteroatoms. The Balaban J connectivity index is -0.00000000667. The third-order valence-corrected chi connectivity index (χ3v) is 0. The summed E-state index contributed by atoms with van der Waals surface area (Å²) in [5.41, 5.74) is 0. The van der Waals surface area contributed by atoms with E-state index in [4.69, 9.17) is 5.26 Å². The summed E-state index contributed by atoms with van der Waals surface area (Å²) in [6.07, 6.45) is 0. The maximum absolute atomic E-state index is 7.18. The summed E-state index contributed by atoms with van der Waals surface area (Å²) in [7, 11) is 0. The first-order chi connectivity index (χ1) is 1.41. The van der Waals surface area contributed by atoms with Crippen molar-refractivity contribution in [3.05, 3.63) is 0 Å². The summed E-state index contributed by atoms with van der Waals surface area (Å²) in [5.74, 6) is 0. The van der Waals surface area contributed by atoms with Crippen LogP contribution in [0, 0.1) is 10.7 Å². The maximum atomic E-state index is 7.18. The molecule has 5 heavy (non-hydrogen) atoms. The van der Waals surface area contributed by atoms with Crippen LogP contribution in [-0.2, 0) is 17.1 Å². The second-order valence-electron chi connectivity index (χ2n) is 0.100. The van der Waals surface area contributed by atoms with Crippen LogP contribution >= 0.6 is 12.6 Å². The Morgan fingerprint density at radius 2 is 1.80 bits per heavy atom. The van der Waals surface area contributed by atoms with Crippen molar-refractivity contribution in [3.63, 3.8) is 0 Å². The van der Waals surface area contributed by atoms with E-state index in [0.717, 1.165) is 0 Å². The first-order valence-electron chi connectivity index (χ1n) is 0.447. The molecule has 0 heterocycles. The number of hydrogen-bond donors (Lipinski definition) is 1. The van der Waals surface area contributed by atoms with Crippen molar-refractivity contribution in [2.45, 2.75) is 0 Å². The molecule has 0 bridgehead atoms. The molecule has 0 aromatic heterocycles. The van der Waals surface area contributed by atoms with Crippen molar-refractivity contribution in [2.75, 3.05) is 0 Å². The van der Waals surface area contributed by atoms with Crippen LogP contribution < -0.4 is 51.4 Å². The van der Waals surface area contributed by atoms with Crippen LogP contribution in [-0.4, -0.2) is 0 Å². The number of thiocyanates is 1. The first kappa shape index (κ1) is 15.8. The standard InChI is InChI=1S/CHNS.K.Mn.H/c2-1-3;;;/h3H;;;/q;+1;;-1. The molecule has 1 nitrogen and oxygen atoms in total. The van der Waals surface area contributed by atoms with Gasteiger partial charge in [0.15, 0.2) is 0 Å². The summed E-state index contributed by atoms with van der Waals surface area (Å²) in [5, 5.41) is 8.63. The zero-order chi connectivity index (χ0) is 2.71. The van der Waals surface area contributed by atoms with Crippen LogP contribution in [0.2, 0.25) is 0 Å². The molecule has 0 amide bonds. The van der Waals surface area contributed by atoms with Crippen molar-refractivity contribution in [2.24, 2.45) is 0 Å². The second-order valence-corrected chi connectivity index (χ2v) is 0.300. The Kier molecular flexibility index (Phi) is 52.5. The van der Waals surface area contributed by atoms with Crippen LogP contribution in [0.3, 0.4) is 0 Å². The number of nitrogens with zero attached hydrogens (tertiary/aromatic N) is 1. The summed E-state index contributed by atoms with van der Waals surface area (Å²) < 4.78 is 0. The topological polar surface area (TPSA) is 23.8 Å². The summed E-state index contributed by atoms with van der Waals surface area (Å²) in [4.78, 5) is 0. The fourth-order valence-electron chi connectivity index (χ4n) is 0. The van der Waals surface area contributed by atoms with Gasteiger partial charge in [-0.25, -0.2) is 0 Å². The van der Waals surface area contributed by atoms with E-state index < -0.39 is 0 Å². The van der Waals surface area contributed by atoms with E-state index in [1.807, 2.05) is 0 Å². The average Bonchev–Trinajstić information content (AvgIpc) is 0.918. The van der Waals surface area contributed by atoms with Crippen LogP contribution in [0.4, 0.5) is 0 Å². The van der Waals surface area contributed by atoms with Gasteiger partial charge < -0.3 is 1.43 Å². The van der Waals surface area contributed by atoms with Gasteiger partial charge in [-0.3, -0.25) is 0 Å². The zero-order valence-electron chi connectivity index (χ0n) is 3.77. The van der Waals surface area contributed by atoms with Crippen molar-refractivity contribution < 1.29 is 69.9 Å². The Morgan fingerprint density at radius 1 is 1.80 bits per heavy atom. The second kappa shape index (κ2) is 16.7. The van der Waals surface area contributed by atoms with E-state index in [0.29, 0.717) is 0 Å². The Labute approximate surface area is 91.3 Å². The molecule has 0 unspecified atom stereocenters. The third kappa shape index (κ3) is 24.0. The third-order valence-electron chi connectivity index (χ3n) is 0. The minimum absolute atomic E-state index is 0. The van der Waals surface area contributed by atoms with Gasteiger partial charge >= 0.3 is 51.4 Å². The average molecular weight is 154 g/mol. The number of thiol groups is 1. The van der Waals surface area contributed by atoms with Gasteiger partial charge in [-0.05, 0) is 0 Å². The molecule has 0 aromatic rings. The molecule has 0 spiro atoms. The summed E-state index contributed by atoms with van der Waals surface area (Å²) in [6.45, 7) is 0. The van der Waals surface area contributed by atoms with Gasteiger partial charge in [0.25, 0.3) is 0 Å². The SMILES string of the molecule is N#CS.[H-].[K+].[Mn]. The van der Waals surface area contributed by atoms with Gasteiger partial charge in [0, 0.05) is 17.1 Å². The van der Waals surface area contributed by atoms with E-state index in [9.17, 15) is 0 Å². The number of nitriles is 1. The predicted molar refractivity (Wildman–Crippen MR) is 15.7 cm³/mol. The first-order valence-corrected chi connectivity index (χ1v) is 0.894. The summed E-state index contributed by atoms with van der Waals surface area (Å²) >= 11 is 3.09. The van der Waals surface area contributed by atoms with Crippen LogP contribution in [0.25, 0.3) is 0 Å². The Bertz CT molecular complexity index is 37.0. The Hall–Kier alpha value is 2.00. The van der Waals surface area contributed by atoms with Gasteiger partial charge in [-0.1, -0.05) is 12.6 Å². The van der Waals surface area contributed by atoms with Crippen LogP contribution in [0.1, 0.15) is 1.43 Å². The molecule has 0 fully saturated rings. The minimum Gasteiger partial charge on any atom is -1.00 e. The van der Waals surface area contributed by atoms with Crippen molar-refractivity contribution >= 4 is 12.6 Å². The molecule has 0 aliphatic rings. The fourth-order valence-corrected chi connectivity index (χ4v) is 0. The van der Waals surface area contributed by atoms with Crippen molar-refractivity contribution in [1.82, 2.24) is 0 Å². The normalized spacial score (nSPS) is 1.60. The Morgan fingerprint density at radius 3 is 1.80 bits per heavy atom. The molecule has 0 saturated carbocycles. The molecule has 0 aliphatic carbocycles. The largest absolute Gasteiger partial charge is 1.00 e. The molecule has 0 N–H and O–H groups in total.